The molecule has 1 amide bonds. The molecule has 0 unspecified atom stereocenters. The fourth-order valence-electron chi connectivity index (χ4n) is 2.71. The molecule has 8 heteroatoms. The van der Waals surface area contributed by atoms with Gasteiger partial charge in [-0.2, -0.15) is 0 Å². The van der Waals surface area contributed by atoms with Gasteiger partial charge in [-0.15, -0.1) is 16.2 Å². The summed E-state index contributed by atoms with van der Waals surface area (Å²) in [6.07, 6.45) is 3.09. The molecule has 0 saturated heterocycles. The number of hydrazine groups is 1. The van der Waals surface area contributed by atoms with Crippen LogP contribution in [0.1, 0.15) is 33.5 Å². The SMILES string of the molecule is C[C@@H]1CCc2sc(C(=O)NNS(=O)(=O)c3ccccc3Br)cc2C1. The molecule has 1 heterocycles. The number of sulfonamides is 1. The number of thiophene rings is 1. The van der Waals surface area contributed by atoms with Gasteiger partial charge in [0.05, 0.1) is 9.77 Å². The predicted molar refractivity (Wildman–Crippen MR) is 97.4 cm³/mol. The van der Waals surface area contributed by atoms with Crippen molar-refractivity contribution in [3.8, 4) is 0 Å². The van der Waals surface area contributed by atoms with E-state index in [4.69, 9.17) is 0 Å². The van der Waals surface area contributed by atoms with E-state index in [0.717, 1.165) is 19.3 Å². The van der Waals surface area contributed by atoms with Crippen LogP contribution in [0, 0.1) is 5.92 Å². The summed E-state index contributed by atoms with van der Waals surface area (Å²) in [5, 5.41) is 0. The van der Waals surface area contributed by atoms with Gasteiger partial charge in [0.1, 0.15) is 0 Å². The average molecular weight is 429 g/mol. The zero-order valence-electron chi connectivity index (χ0n) is 13.0. The first-order chi connectivity index (χ1) is 11.4. The molecule has 2 aromatic rings. The van der Waals surface area contributed by atoms with Crippen molar-refractivity contribution in [2.24, 2.45) is 5.92 Å². The van der Waals surface area contributed by atoms with E-state index in [9.17, 15) is 13.2 Å². The summed E-state index contributed by atoms with van der Waals surface area (Å²) in [6, 6.07) is 8.31. The second-order valence-electron chi connectivity index (χ2n) is 5.90. The summed E-state index contributed by atoms with van der Waals surface area (Å²) in [5.74, 6) is 0.189. The maximum absolute atomic E-state index is 12.3. The third kappa shape index (κ3) is 3.72. The largest absolute Gasteiger partial charge is 0.276 e. The monoisotopic (exact) mass is 428 g/mol. The number of benzene rings is 1. The molecule has 5 nitrogen and oxygen atoms in total. The molecule has 0 fully saturated rings. The third-order valence-electron chi connectivity index (χ3n) is 3.98. The van der Waals surface area contributed by atoms with Crippen LogP contribution in [0.2, 0.25) is 0 Å². The lowest BCUT2D eigenvalue weighted by Crippen LogP contribution is -2.41. The molecule has 0 bridgehead atoms. The van der Waals surface area contributed by atoms with E-state index in [1.165, 1.54) is 27.8 Å². The van der Waals surface area contributed by atoms with Crippen LogP contribution < -0.4 is 10.3 Å². The first kappa shape index (κ1) is 17.6. The Morgan fingerprint density at radius 3 is 2.83 bits per heavy atom. The lowest BCUT2D eigenvalue weighted by atomic mass is 9.90. The predicted octanol–water partition coefficient (Wildman–Crippen LogP) is 3.26. The molecule has 1 atom stereocenters. The summed E-state index contributed by atoms with van der Waals surface area (Å²) < 4.78 is 25.0. The third-order valence-corrected chi connectivity index (χ3v) is 7.47. The minimum Gasteiger partial charge on any atom is -0.273 e. The van der Waals surface area contributed by atoms with Gasteiger partial charge >= 0.3 is 0 Å². The maximum Gasteiger partial charge on any atom is 0.276 e. The summed E-state index contributed by atoms with van der Waals surface area (Å²) in [4.78, 5) is 16.3. The van der Waals surface area contributed by atoms with Gasteiger partial charge < -0.3 is 0 Å². The average Bonchev–Trinajstić information content (AvgIpc) is 2.96. The lowest BCUT2D eigenvalue weighted by molar-refractivity contribution is 0.0949. The molecule has 0 aliphatic heterocycles. The van der Waals surface area contributed by atoms with E-state index in [1.54, 1.807) is 18.2 Å². The van der Waals surface area contributed by atoms with Gasteiger partial charge in [0.2, 0.25) is 0 Å². The second kappa shape index (κ2) is 6.95. The number of carbonyl (C=O) groups excluding carboxylic acids is 1. The van der Waals surface area contributed by atoms with Crippen molar-refractivity contribution in [2.45, 2.75) is 31.1 Å². The molecule has 0 radical (unpaired) electrons. The van der Waals surface area contributed by atoms with Gasteiger partial charge in [0, 0.05) is 9.35 Å². The quantitative estimate of drug-likeness (QED) is 0.733. The van der Waals surface area contributed by atoms with Crippen molar-refractivity contribution in [2.75, 3.05) is 0 Å². The first-order valence-electron chi connectivity index (χ1n) is 7.55. The fraction of sp³-hybridized carbons (Fsp3) is 0.312. The molecule has 3 rings (SSSR count). The van der Waals surface area contributed by atoms with Crippen molar-refractivity contribution < 1.29 is 13.2 Å². The Balaban J connectivity index is 1.71. The smallest absolute Gasteiger partial charge is 0.273 e. The molecule has 1 aromatic carbocycles. The Hall–Kier alpha value is -1.22. The van der Waals surface area contributed by atoms with Crippen LogP contribution in [0.15, 0.2) is 39.7 Å². The molecule has 1 aliphatic rings. The Morgan fingerprint density at radius 1 is 1.33 bits per heavy atom. The van der Waals surface area contributed by atoms with E-state index in [-0.39, 0.29) is 4.90 Å². The highest BCUT2D eigenvalue weighted by Gasteiger charge is 2.22. The zero-order chi connectivity index (χ0) is 17.3. The van der Waals surface area contributed by atoms with Gasteiger partial charge in [-0.25, -0.2) is 8.42 Å². The highest BCUT2D eigenvalue weighted by molar-refractivity contribution is 9.10. The number of hydrogen-bond acceptors (Lipinski definition) is 4. The van der Waals surface area contributed by atoms with Gasteiger partial charge in [0.15, 0.2) is 0 Å². The number of nitrogens with one attached hydrogen (secondary N) is 2. The summed E-state index contributed by atoms with van der Waals surface area (Å²) in [5.41, 5.74) is 3.50. The number of rotatable bonds is 4. The minimum absolute atomic E-state index is 0.0737. The van der Waals surface area contributed by atoms with Crippen molar-refractivity contribution in [1.29, 1.82) is 0 Å². The number of aryl methyl sites for hydroxylation is 1. The van der Waals surface area contributed by atoms with E-state index < -0.39 is 15.9 Å². The van der Waals surface area contributed by atoms with Crippen LogP contribution in [0.3, 0.4) is 0 Å². The summed E-state index contributed by atoms with van der Waals surface area (Å²) in [7, 11) is -3.83. The molecule has 0 saturated carbocycles. The number of hydrogen-bond donors (Lipinski definition) is 2. The second-order valence-corrected chi connectivity index (χ2v) is 9.54. The van der Waals surface area contributed by atoms with Gasteiger partial charge in [-0.1, -0.05) is 19.1 Å². The van der Waals surface area contributed by atoms with Crippen LogP contribution in [0.4, 0.5) is 0 Å². The van der Waals surface area contributed by atoms with Crippen molar-refractivity contribution in [3.63, 3.8) is 0 Å². The fourth-order valence-corrected chi connectivity index (χ4v) is 5.66. The van der Waals surface area contributed by atoms with Crippen molar-refractivity contribution in [1.82, 2.24) is 10.3 Å². The molecule has 24 heavy (non-hydrogen) atoms. The first-order valence-corrected chi connectivity index (χ1v) is 10.6. The maximum atomic E-state index is 12.3. The highest BCUT2D eigenvalue weighted by atomic mass is 79.9. The molecule has 0 spiro atoms. The van der Waals surface area contributed by atoms with E-state index >= 15 is 0 Å². The normalized spacial score (nSPS) is 17.3. The number of fused-ring (bicyclic) bond motifs is 1. The molecular formula is C16H17BrN2O3S2. The molecule has 2 N–H and O–H groups in total. The minimum atomic E-state index is -3.83. The van der Waals surface area contributed by atoms with Crippen molar-refractivity contribution >= 4 is 43.2 Å². The van der Waals surface area contributed by atoms with E-state index in [1.807, 2.05) is 6.07 Å². The summed E-state index contributed by atoms with van der Waals surface area (Å²) >= 11 is 4.64. The molecule has 128 valence electrons. The standard InChI is InChI=1S/C16H17BrN2O3S2/c1-10-6-7-13-11(8-10)9-14(23-13)16(20)18-19-24(21,22)15-5-3-2-4-12(15)17/h2-5,9-10,19H,6-8H2,1H3,(H,18,20)/t10-/m1/s1. The molecular weight excluding hydrogens is 412 g/mol. The van der Waals surface area contributed by atoms with E-state index in [2.05, 4.69) is 33.1 Å². The Labute approximate surface area is 153 Å². The Bertz CT molecular complexity index is 877. The lowest BCUT2D eigenvalue weighted by Gasteiger charge is -2.16. The van der Waals surface area contributed by atoms with Gasteiger partial charge in [0.25, 0.3) is 15.9 Å². The van der Waals surface area contributed by atoms with Crippen LogP contribution in [0.25, 0.3) is 0 Å². The Kier molecular flexibility index (Phi) is 5.10. The zero-order valence-corrected chi connectivity index (χ0v) is 16.2. The van der Waals surface area contributed by atoms with Crippen LogP contribution >= 0.6 is 27.3 Å². The molecule has 1 aromatic heterocycles. The number of carbonyl (C=O) groups is 1. The van der Waals surface area contributed by atoms with Gasteiger partial charge in [-0.3, -0.25) is 10.2 Å². The molecule has 1 aliphatic carbocycles. The van der Waals surface area contributed by atoms with Crippen LogP contribution in [-0.2, 0) is 22.9 Å². The highest BCUT2D eigenvalue weighted by Crippen LogP contribution is 2.32. The van der Waals surface area contributed by atoms with Crippen LogP contribution in [0.5, 0.6) is 0 Å². The number of halogens is 1. The van der Waals surface area contributed by atoms with Crippen LogP contribution in [-0.4, -0.2) is 14.3 Å². The summed E-state index contributed by atoms with van der Waals surface area (Å²) in [6.45, 7) is 2.20. The number of amides is 1. The van der Waals surface area contributed by atoms with E-state index in [0.29, 0.717) is 15.3 Å². The van der Waals surface area contributed by atoms with Crippen molar-refractivity contribution in [3.05, 3.63) is 50.1 Å². The Morgan fingerprint density at radius 2 is 2.08 bits per heavy atom. The van der Waals surface area contributed by atoms with Gasteiger partial charge in [-0.05, 0) is 64.9 Å². The topological polar surface area (TPSA) is 75.3 Å².